The van der Waals surface area contributed by atoms with E-state index in [1.165, 1.54) is 41.3 Å². The highest BCUT2D eigenvalue weighted by molar-refractivity contribution is 5.89. The number of benzene rings is 2. The van der Waals surface area contributed by atoms with Crippen molar-refractivity contribution in [2.75, 3.05) is 13.7 Å². The molecule has 0 heterocycles. The second-order valence-corrected chi connectivity index (χ2v) is 5.53. The first-order chi connectivity index (χ1) is 12.5. The highest BCUT2D eigenvalue weighted by Gasteiger charge is 2.11. The van der Waals surface area contributed by atoms with Crippen LogP contribution in [0.3, 0.4) is 0 Å². The van der Waals surface area contributed by atoms with Crippen LogP contribution in [0.4, 0.5) is 5.69 Å². The molecule has 26 heavy (non-hydrogen) atoms. The minimum absolute atomic E-state index is 0.0308. The number of amides is 1. The Balaban J connectivity index is 1.80. The van der Waals surface area contributed by atoms with Crippen molar-refractivity contribution < 1.29 is 19.2 Å². The molecule has 0 N–H and O–H groups in total. The molecule has 2 rings (SSSR count). The predicted molar refractivity (Wildman–Crippen MR) is 96.0 cm³/mol. The van der Waals surface area contributed by atoms with Crippen LogP contribution in [-0.2, 0) is 20.9 Å². The molecule has 2 aromatic carbocycles. The van der Waals surface area contributed by atoms with Gasteiger partial charge in [0, 0.05) is 31.8 Å². The molecule has 0 radical (unpaired) electrons. The van der Waals surface area contributed by atoms with Gasteiger partial charge in [0.2, 0.25) is 0 Å². The number of hydrogen-bond acceptors (Lipinski definition) is 5. The molecule has 1 amide bonds. The van der Waals surface area contributed by atoms with Crippen LogP contribution in [0, 0.1) is 10.1 Å². The van der Waals surface area contributed by atoms with E-state index < -0.39 is 10.9 Å². The number of esters is 1. The zero-order valence-electron chi connectivity index (χ0n) is 14.2. The molecule has 0 aromatic heterocycles. The molecule has 7 heteroatoms. The molecule has 0 saturated heterocycles. The number of likely N-dealkylation sites (N-methyl/N-ethyl adjacent to an activating group) is 1. The number of nitro groups is 1. The zero-order valence-corrected chi connectivity index (χ0v) is 14.2. The van der Waals surface area contributed by atoms with Crippen LogP contribution in [0.5, 0.6) is 0 Å². The van der Waals surface area contributed by atoms with Crippen molar-refractivity contribution in [2.24, 2.45) is 0 Å². The van der Waals surface area contributed by atoms with Crippen LogP contribution in [0.15, 0.2) is 60.7 Å². The molecular formula is C19H18N2O5. The maximum absolute atomic E-state index is 12.0. The standard InChI is InChI=1S/C19H18N2O5/c1-20(13-16-5-3-2-4-6-16)18(22)14-26-19(23)12-9-15-7-10-17(11-8-15)21(24)25/h2-12H,13-14H2,1H3/b12-9+. The maximum Gasteiger partial charge on any atom is 0.331 e. The van der Waals surface area contributed by atoms with E-state index in [1.54, 1.807) is 7.05 Å². The Morgan fingerprint density at radius 1 is 1.12 bits per heavy atom. The summed E-state index contributed by atoms with van der Waals surface area (Å²) in [6, 6.07) is 15.2. The van der Waals surface area contributed by atoms with Gasteiger partial charge in [-0.3, -0.25) is 14.9 Å². The van der Waals surface area contributed by atoms with Gasteiger partial charge in [-0.25, -0.2) is 4.79 Å². The number of nitro benzene ring substituents is 1. The Hall–Kier alpha value is -3.48. The number of rotatable bonds is 7. The van der Waals surface area contributed by atoms with Gasteiger partial charge in [-0.2, -0.15) is 0 Å². The van der Waals surface area contributed by atoms with Gasteiger partial charge in [0.15, 0.2) is 6.61 Å². The van der Waals surface area contributed by atoms with Crippen LogP contribution < -0.4 is 0 Å². The van der Waals surface area contributed by atoms with Gasteiger partial charge in [-0.15, -0.1) is 0 Å². The molecule has 0 aliphatic carbocycles. The van der Waals surface area contributed by atoms with Crippen molar-refractivity contribution in [3.63, 3.8) is 0 Å². The Bertz CT molecular complexity index is 800. The highest BCUT2D eigenvalue weighted by atomic mass is 16.6. The Labute approximate surface area is 150 Å². The lowest BCUT2D eigenvalue weighted by Gasteiger charge is -2.16. The SMILES string of the molecule is CN(Cc1ccccc1)C(=O)COC(=O)/C=C/c1ccc([N+](=O)[O-])cc1. The average molecular weight is 354 g/mol. The number of nitrogens with zero attached hydrogens (tertiary/aromatic N) is 2. The van der Waals surface area contributed by atoms with E-state index in [9.17, 15) is 19.7 Å². The van der Waals surface area contributed by atoms with Gasteiger partial charge in [0.25, 0.3) is 11.6 Å². The third kappa shape index (κ3) is 5.86. The number of carbonyl (C=O) groups excluding carboxylic acids is 2. The first kappa shape index (κ1) is 18.9. The van der Waals surface area contributed by atoms with E-state index in [1.807, 2.05) is 30.3 Å². The van der Waals surface area contributed by atoms with E-state index in [0.717, 1.165) is 5.56 Å². The minimum Gasteiger partial charge on any atom is -0.452 e. The molecule has 0 atom stereocenters. The summed E-state index contributed by atoms with van der Waals surface area (Å²) >= 11 is 0. The van der Waals surface area contributed by atoms with Crippen LogP contribution in [0.25, 0.3) is 6.08 Å². The Morgan fingerprint density at radius 2 is 1.77 bits per heavy atom. The second-order valence-electron chi connectivity index (χ2n) is 5.53. The van der Waals surface area contributed by atoms with Crippen LogP contribution in [-0.4, -0.2) is 35.4 Å². The lowest BCUT2D eigenvalue weighted by Crippen LogP contribution is -2.30. The minimum atomic E-state index is -0.662. The summed E-state index contributed by atoms with van der Waals surface area (Å²) in [5.41, 5.74) is 1.56. The predicted octanol–water partition coefficient (Wildman–Crippen LogP) is 2.81. The molecule has 0 fully saturated rings. The van der Waals surface area contributed by atoms with Crippen molar-refractivity contribution >= 4 is 23.6 Å². The molecule has 0 spiro atoms. The zero-order chi connectivity index (χ0) is 18.9. The highest BCUT2D eigenvalue weighted by Crippen LogP contribution is 2.12. The Morgan fingerprint density at radius 3 is 2.38 bits per heavy atom. The molecule has 0 bridgehead atoms. The van der Waals surface area contributed by atoms with Gasteiger partial charge in [0.1, 0.15) is 0 Å². The fourth-order valence-electron chi connectivity index (χ4n) is 2.11. The fraction of sp³-hybridized carbons (Fsp3) is 0.158. The van der Waals surface area contributed by atoms with Crippen molar-refractivity contribution in [2.45, 2.75) is 6.54 Å². The van der Waals surface area contributed by atoms with Crippen LogP contribution >= 0.6 is 0 Å². The smallest absolute Gasteiger partial charge is 0.331 e. The maximum atomic E-state index is 12.0. The molecule has 0 unspecified atom stereocenters. The number of carbonyl (C=O) groups is 2. The third-order valence-corrected chi connectivity index (χ3v) is 3.54. The molecule has 2 aromatic rings. The largest absolute Gasteiger partial charge is 0.452 e. The molecule has 0 saturated carbocycles. The first-order valence-corrected chi connectivity index (χ1v) is 7.83. The van der Waals surface area contributed by atoms with E-state index in [2.05, 4.69) is 0 Å². The normalized spacial score (nSPS) is 10.5. The lowest BCUT2D eigenvalue weighted by atomic mass is 10.2. The number of ether oxygens (including phenoxy) is 1. The van der Waals surface area contributed by atoms with E-state index >= 15 is 0 Å². The summed E-state index contributed by atoms with van der Waals surface area (Å²) in [6.07, 6.45) is 2.63. The fourth-order valence-corrected chi connectivity index (χ4v) is 2.11. The van der Waals surface area contributed by atoms with Gasteiger partial charge < -0.3 is 9.64 Å². The van der Waals surface area contributed by atoms with E-state index in [-0.39, 0.29) is 18.2 Å². The van der Waals surface area contributed by atoms with Crippen LogP contribution in [0.1, 0.15) is 11.1 Å². The monoisotopic (exact) mass is 354 g/mol. The van der Waals surface area contributed by atoms with Crippen molar-refractivity contribution in [3.05, 3.63) is 81.9 Å². The van der Waals surface area contributed by atoms with Crippen molar-refractivity contribution in [1.82, 2.24) is 4.90 Å². The van der Waals surface area contributed by atoms with Gasteiger partial charge in [0.05, 0.1) is 4.92 Å². The lowest BCUT2D eigenvalue weighted by molar-refractivity contribution is -0.384. The number of hydrogen-bond donors (Lipinski definition) is 0. The quantitative estimate of drug-likeness (QED) is 0.330. The summed E-state index contributed by atoms with van der Waals surface area (Å²) in [5.74, 6) is -0.976. The molecule has 0 aliphatic heterocycles. The Kier molecular flexibility index (Phi) is 6.61. The summed E-state index contributed by atoms with van der Waals surface area (Å²) in [7, 11) is 1.63. The van der Waals surface area contributed by atoms with E-state index in [4.69, 9.17) is 4.74 Å². The molecule has 134 valence electrons. The molecular weight excluding hydrogens is 336 g/mol. The molecule has 7 nitrogen and oxygen atoms in total. The molecule has 0 aliphatic rings. The van der Waals surface area contributed by atoms with Gasteiger partial charge >= 0.3 is 5.97 Å². The third-order valence-electron chi connectivity index (χ3n) is 3.54. The summed E-state index contributed by atoms with van der Waals surface area (Å²) in [4.78, 5) is 35.2. The second kappa shape index (κ2) is 9.12. The van der Waals surface area contributed by atoms with Gasteiger partial charge in [-0.1, -0.05) is 30.3 Å². The van der Waals surface area contributed by atoms with Gasteiger partial charge in [-0.05, 0) is 29.3 Å². The number of non-ortho nitro benzene ring substituents is 1. The summed E-state index contributed by atoms with van der Waals surface area (Å²) in [6.45, 7) is 0.0721. The average Bonchev–Trinajstić information content (AvgIpc) is 2.65. The first-order valence-electron chi connectivity index (χ1n) is 7.83. The summed E-state index contributed by atoms with van der Waals surface area (Å²) in [5, 5.41) is 10.6. The summed E-state index contributed by atoms with van der Waals surface area (Å²) < 4.78 is 4.92. The topological polar surface area (TPSA) is 89.8 Å². The van der Waals surface area contributed by atoms with E-state index in [0.29, 0.717) is 12.1 Å². The van der Waals surface area contributed by atoms with Crippen LogP contribution in [0.2, 0.25) is 0 Å². The van der Waals surface area contributed by atoms with Crippen molar-refractivity contribution in [1.29, 1.82) is 0 Å². The van der Waals surface area contributed by atoms with Crippen molar-refractivity contribution in [3.8, 4) is 0 Å².